The van der Waals surface area contributed by atoms with Crippen LogP contribution in [0.2, 0.25) is 0 Å². The first-order chi connectivity index (χ1) is 16.3. The summed E-state index contributed by atoms with van der Waals surface area (Å²) in [5, 5.41) is 11.3. The highest BCUT2D eigenvalue weighted by atomic mass is 79.9. The van der Waals surface area contributed by atoms with Crippen molar-refractivity contribution in [3.05, 3.63) is 99.3 Å². The van der Waals surface area contributed by atoms with Crippen molar-refractivity contribution in [3.8, 4) is 5.75 Å². The van der Waals surface area contributed by atoms with Crippen LogP contribution in [0.3, 0.4) is 0 Å². The summed E-state index contributed by atoms with van der Waals surface area (Å²) in [7, 11) is 0. The van der Waals surface area contributed by atoms with E-state index < -0.39 is 17.7 Å². The zero-order valence-corrected chi connectivity index (χ0v) is 20.7. The lowest BCUT2D eigenvalue weighted by Gasteiger charge is -2.25. The fraction of sp³-hybridized carbons (Fsp3) is 0.222. The average Bonchev–Trinajstić information content (AvgIpc) is 3.06. The van der Waals surface area contributed by atoms with Crippen molar-refractivity contribution < 1.29 is 19.4 Å². The van der Waals surface area contributed by atoms with Crippen LogP contribution in [0.5, 0.6) is 5.75 Å². The molecule has 0 bridgehead atoms. The van der Waals surface area contributed by atoms with Gasteiger partial charge in [0.05, 0.1) is 17.7 Å². The Hall–Kier alpha value is -3.45. The molecule has 0 spiro atoms. The number of likely N-dealkylation sites (tertiary alicyclic amines) is 1. The second-order valence-electron chi connectivity index (χ2n) is 8.49. The molecule has 3 aromatic rings. The quantitative estimate of drug-likeness (QED) is 0.261. The van der Waals surface area contributed by atoms with Crippen LogP contribution in [0.4, 0.5) is 0 Å². The number of benzene rings is 2. The van der Waals surface area contributed by atoms with Crippen LogP contribution >= 0.6 is 15.9 Å². The highest BCUT2D eigenvalue weighted by Crippen LogP contribution is 2.41. The summed E-state index contributed by atoms with van der Waals surface area (Å²) >= 11 is 3.43. The smallest absolute Gasteiger partial charge is 0.295 e. The Labute approximate surface area is 207 Å². The second-order valence-corrected chi connectivity index (χ2v) is 9.40. The lowest BCUT2D eigenvalue weighted by Crippen LogP contribution is -2.29. The maximum Gasteiger partial charge on any atom is 0.295 e. The van der Waals surface area contributed by atoms with Gasteiger partial charge in [0.25, 0.3) is 11.7 Å². The number of ketones is 1. The number of hydrogen-bond acceptors (Lipinski definition) is 5. The summed E-state index contributed by atoms with van der Waals surface area (Å²) in [4.78, 5) is 31.9. The van der Waals surface area contributed by atoms with Crippen LogP contribution in [-0.2, 0) is 16.1 Å². The third-order valence-corrected chi connectivity index (χ3v) is 6.14. The Bertz CT molecular complexity index is 1250. The van der Waals surface area contributed by atoms with Gasteiger partial charge >= 0.3 is 0 Å². The molecule has 174 valence electrons. The van der Waals surface area contributed by atoms with Crippen LogP contribution < -0.4 is 4.74 Å². The van der Waals surface area contributed by atoms with E-state index in [2.05, 4.69) is 20.9 Å². The predicted octanol–water partition coefficient (Wildman–Crippen LogP) is 5.56. The number of aromatic nitrogens is 1. The maximum absolute atomic E-state index is 13.2. The zero-order chi connectivity index (χ0) is 24.4. The van der Waals surface area contributed by atoms with Gasteiger partial charge in [-0.2, -0.15) is 0 Å². The van der Waals surface area contributed by atoms with Gasteiger partial charge in [-0.05, 0) is 73.9 Å². The van der Waals surface area contributed by atoms with Crippen molar-refractivity contribution >= 4 is 33.4 Å². The normalized spacial score (nSPS) is 17.4. The number of nitrogens with zero attached hydrogens (tertiary/aromatic N) is 2. The van der Waals surface area contributed by atoms with Crippen LogP contribution in [0, 0.1) is 6.92 Å². The molecule has 1 saturated heterocycles. The standard InChI is InChI=1S/C27H25BrN2O4/c1-16(2)34-22-11-8-20(13-17(22)3)25(31)23-24(19-6-9-21(28)10-7-19)30(27(33)26(23)32)15-18-5-4-12-29-14-18/h4-14,16,24,31H,15H2,1-3H3/b25-23+/t24-/m0/s1. The van der Waals surface area contributed by atoms with Crippen molar-refractivity contribution in [1.29, 1.82) is 0 Å². The van der Waals surface area contributed by atoms with E-state index in [9.17, 15) is 14.7 Å². The average molecular weight is 521 g/mol. The molecule has 0 radical (unpaired) electrons. The van der Waals surface area contributed by atoms with E-state index in [1.807, 2.05) is 51.1 Å². The molecule has 1 aliphatic rings. The predicted molar refractivity (Wildman–Crippen MR) is 133 cm³/mol. The van der Waals surface area contributed by atoms with E-state index in [4.69, 9.17) is 4.74 Å². The molecule has 0 unspecified atom stereocenters. The Morgan fingerprint density at radius 3 is 2.50 bits per heavy atom. The van der Waals surface area contributed by atoms with Crippen LogP contribution in [0.15, 0.2) is 77.0 Å². The lowest BCUT2D eigenvalue weighted by molar-refractivity contribution is -0.140. The van der Waals surface area contributed by atoms with Crippen LogP contribution in [0.25, 0.3) is 5.76 Å². The molecule has 4 rings (SSSR count). The van der Waals surface area contributed by atoms with Gasteiger partial charge in [-0.1, -0.05) is 34.1 Å². The first kappa shape index (κ1) is 23.7. The molecular formula is C27H25BrN2O4. The number of carbonyl (C=O) groups excluding carboxylic acids is 2. The summed E-state index contributed by atoms with van der Waals surface area (Å²) in [6.07, 6.45) is 3.32. The van der Waals surface area contributed by atoms with E-state index in [1.165, 1.54) is 4.90 Å². The zero-order valence-electron chi connectivity index (χ0n) is 19.2. The molecule has 1 aliphatic heterocycles. The molecule has 1 aromatic heterocycles. The summed E-state index contributed by atoms with van der Waals surface area (Å²) in [5.74, 6) is -0.878. The molecule has 1 N–H and O–H groups in total. The summed E-state index contributed by atoms with van der Waals surface area (Å²) in [6.45, 7) is 5.95. The Morgan fingerprint density at radius 1 is 1.15 bits per heavy atom. The molecule has 0 saturated carbocycles. The van der Waals surface area contributed by atoms with Gasteiger partial charge in [0.15, 0.2) is 0 Å². The fourth-order valence-electron chi connectivity index (χ4n) is 4.06. The van der Waals surface area contributed by atoms with Crippen molar-refractivity contribution in [3.63, 3.8) is 0 Å². The number of aliphatic hydroxyl groups excluding tert-OH is 1. The minimum Gasteiger partial charge on any atom is -0.507 e. The lowest BCUT2D eigenvalue weighted by atomic mass is 9.94. The Balaban J connectivity index is 1.82. The monoisotopic (exact) mass is 520 g/mol. The van der Waals surface area contributed by atoms with Crippen molar-refractivity contribution in [2.45, 2.75) is 39.5 Å². The number of ether oxygens (including phenoxy) is 1. The molecule has 1 atom stereocenters. The molecular weight excluding hydrogens is 496 g/mol. The number of aryl methyl sites for hydroxylation is 1. The highest BCUT2D eigenvalue weighted by molar-refractivity contribution is 9.10. The molecule has 6 nitrogen and oxygen atoms in total. The van der Waals surface area contributed by atoms with Gasteiger partial charge < -0.3 is 14.7 Å². The number of pyridine rings is 1. The molecule has 1 fully saturated rings. The molecule has 2 heterocycles. The van der Waals surface area contributed by atoms with Crippen LogP contribution in [-0.4, -0.2) is 32.8 Å². The minimum atomic E-state index is -0.736. The molecule has 34 heavy (non-hydrogen) atoms. The largest absolute Gasteiger partial charge is 0.507 e. The van der Waals surface area contributed by atoms with Gasteiger partial charge in [-0.3, -0.25) is 14.6 Å². The summed E-state index contributed by atoms with van der Waals surface area (Å²) in [6, 6.07) is 15.5. The van der Waals surface area contributed by atoms with Gasteiger partial charge in [0, 0.05) is 29.0 Å². The van der Waals surface area contributed by atoms with Gasteiger partial charge in [-0.25, -0.2) is 0 Å². The van der Waals surface area contributed by atoms with Crippen LogP contribution in [0.1, 0.15) is 42.1 Å². The highest BCUT2D eigenvalue weighted by Gasteiger charge is 2.46. The Kier molecular flexibility index (Phi) is 6.84. The van der Waals surface area contributed by atoms with E-state index in [1.54, 1.807) is 36.7 Å². The molecule has 7 heteroatoms. The molecule has 1 amide bonds. The number of Topliss-reactive ketones (excluding diaryl/α,β-unsaturated/α-hetero) is 1. The van der Waals surface area contributed by atoms with Crippen molar-refractivity contribution in [2.75, 3.05) is 0 Å². The summed E-state index contributed by atoms with van der Waals surface area (Å²) in [5.41, 5.74) is 2.85. The Morgan fingerprint density at radius 2 is 1.88 bits per heavy atom. The van der Waals surface area contributed by atoms with Crippen molar-refractivity contribution in [2.24, 2.45) is 0 Å². The minimum absolute atomic E-state index is 0.00773. The van der Waals surface area contributed by atoms with E-state index in [0.717, 1.165) is 21.2 Å². The van der Waals surface area contributed by atoms with E-state index >= 15 is 0 Å². The number of amides is 1. The SMILES string of the molecule is Cc1cc(/C(O)=C2\C(=O)C(=O)N(Cc3cccnc3)[C@H]2c2ccc(Br)cc2)ccc1OC(C)C. The maximum atomic E-state index is 13.2. The van der Waals surface area contributed by atoms with Crippen molar-refractivity contribution in [1.82, 2.24) is 9.88 Å². The van der Waals surface area contributed by atoms with E-state index in [0.29, 0.717) is 11.3 Å². The molecule has 2 aromatic carbocycles. The van der Waals surface area contributed by atoms with E-state index in [-0.39, 0.29) is 24.0 Å². The third-order valence-electron chi connectivity index (χ3n) is 5.61. The second kappa shape index (κ2) is 9.81. The first-order valence-electron chi connectivity index (χ1n) is 11.0. The van der Waals surface area contributed by atoms with Gasteiger partial charge in [-0.15, -0.1) is 0 Å². The first-order valence-corrected chi connectivity index (χ1v) is 11.8. The summed E-state index contributed by atoms with van der Waals surface area (Å²) < 4.78 is 6.66. The number of hydrogen-bond donors (Lipinski definition) is 1. The number of carbonyl (C=O) groups is 2. The number of halogens is 1. The van der Waals surface area contributed by atoms with Gasteiger partial charge in [0.2, 0.25) is 0 Å². The third kappa shape index (κ3) is 4.75. The molecule has 0 aliphatic carbocycles. The number of rotatable bonds is 6. The topological polar surface area (TPSA) is 79.7 Å². The fourth-order valence-corrected chi connectivity index (χ4v) is 4.33. The van der Waals surface area contributed by atoms with Gasteiger partial charge in [0.1, 0.15) is 11.5 Å². The number of aliphatic hydroxyl groups is 1.